The van der Waals surface area contributed by atoms with Gasteiger partial charge in [0, 0.05) is 17.3 Å². The highest BCUT2D eigenvalue weighted by Gasteiger charge is 2.39. The molecule has 7 heteroatoms. The molecule has 1 N–H and O–H groups in total. The van der Waals surface area contributed by atoms with Gasteiger partial charge in [-0.2, -0.15) is 0 Å². The summed E-state index contributed by atoms with van der Waals surface area (Å²) in [6, 6.07) is 2.58. The Kier molecular flexibility index (Phi) is 4.39. The molecule has 0 atom stereocenters. The molecule has 122 valence electrons. The van der Waals surface area contributed by atoms with Crippen molar-refractivity contribution in [2.24, 2.45) is 0 Å². The van der Waals surface area contributed by atoms with Crippen molar-refractivity contribution in [1.82, 2.24) is 15.3 Å². The summed E-state index contributed by atoms with van der Waals surface area (Å²) in [7, 11) is 0. The predicted molar refractivity (Wildman–Crippen MR) is 83.7 cm³/mol. The molecule has 3 rings (SSSR count). The Hall–Kier alpha value is -1.89. The van der Waals surface area contributed by atoms with Gasteiger partial charge in [-0.05, 0) is 31.9 Å². The number of hydrogen-bond donors (Lipinski definition) is 1. The number of carbonyl (C=O) groups excluding carboxylic acids is 1. The SMILES string of the molecule is Cc1csc(C2(NC(=O)c3ccc(C(F)F)nc3)CCCC2)n1. The zero-order valence-corrected chi connectivity index (χ0v) is 13.5. The first kappa shape index (κ1) is 16.0. The normalized spacial score (nSPS) is 16.7. The highest BCUT2D eigenvalue weighted by atomic mass is 32.1. The fourth-order valence-corrected chi connectivity index (χ4v) is 3.92. The second-order valence-corrected chi connectivity index (χ2v) is 6.67. The highest BCUT2D eigenvalue weighted by molar-refractivity contribution is 7.09. The number of rotatable bonds is 4. The van der Waals surface area contributed by atoms with Gasteiger partial charge in [0.05, 0.1) is 11.1 Å². The molecule has 0 aromatic carbocycles. The van der Waals surface area contributed by atoms with E-state index in [-0.39, 0.29) is 17.2 Å². The van der Waals surface area contributed by atoms with Gasteiger partial charge in [0.1, 0.15) is 10.7 Å². The molecule has 23 heavy (non-hydrogen) atoms. The maximum absolute atomic E-state index is 12.5. The van der Waals surface area contributed by atoms with Gasteiger partial charge in [0.25, 0.3) is 12.3 Å². The maximum Gasteiger partial charge on any atom is 0.280 e. The van der Waals surface area contributed by atoms with E-state index in [9.17, 15) is 13.6 Å². The minimum absolute atomic E-state index is 0.286. The lowest BCUT2D eigenvalue weighted by atomic mass is 9.97. The summed E-state index contributed by atoms with van der Waals surface area (Å²) in [6.45, 7) is 1.93. The third-order valence-corrected chi connectivity index (χ3v) is 5.27. The Morgan fingerprint density at radius 1 is 1.35 bits per heavy atom. The number of alkyl halides is 2. The standard InChI is InChI=1S/C16H17F2N3OS/c1-10-9-23-15(20-10)16(6-2-3-7-16)21-14(22)11-4-5-12(13(17)18)19-8-11/h4-5,8-9,13H,2-3,6-7H2,1H3,(H,21,22). The molecule has 1 fully saturated rings. The molecule has 2 aromatic rings. The van der Waals surface area contributed by atoms with Crippen LogP contribution in [0.15, 0.2) is 23.7 Å². The van der Waals surface area contributed by atoms with Crippen LogP contribution in [-0.4, -0.2) is 15.9 Å². The van der Waals surface area contributed by atoms with E-state index in [2.05, 4.69) is 15.3 Å². The molecule has 1 saturated carbocycles. The van der Waals surface area contributed by atoms with Gasteiger partial charge >= 0.3 is 0 Å². The second-order valence-electron chi connectivity index (χ2n) is 5.81. The van der Waals surface area contributed by atoms with E-state index in [1.165, 1.54) is 18.3 Å². The van der Waals surface area contributed by atoms with Crippen LogP contribution in [0.5, 0.6) is 0 Å². The molecular formula is C16H17F2N3OS. The van der Waals surface area contributed by atoms with Crippen molar-refractivity contribution in [1.29, 1.82) is 0 Å². The van der Waals surface area contributed by atoms with Crippen molar-refractivity contribution < 1.29 is 13.6 Å². The van der Waals surface area contributed by atoms with E-state index < -0.39 is 12.0 Å². The number of nitrogens with one attached hydrogen (secondary N) is 1. The molecule has 1 aliphatic rings. The fourth-order valence-electron chi connectivity index (χ4n) is 2.90. The molecule has 0 radical (unpaired) electrons. The molecule has 0 bridgehead atoms. The van der Waals surface area contributed by atoms with Crippen LogP contribution in [0.2, 0.25) is 0 Å². The largest absolute Gasteiger partial charge is 0.340 e. The van der Waals surface area contributed by atoms with Crippen LogP contribution in [0.25, 0.3) is 0 Å². The van der Waals surface area contributed by atoms with Crippen LogP contribution in [0, 0.1) is 6.92 Å². The Morgan fingerprint density at radius 2 is 2.09 bits per heavy atom. The zero-order chi connectivity index (χ0) is 16.4. The predicted octanol–water partition coefficient (Wildman–Crippen LogP) is 3.98. The van der Waals surface area contributed by atoms with E-state index in [0.717, 1.165) is 36.4 Å². The first-order valence-electron chi connectivity index (χ1n) is 7.49. The molecule has 1 amide bonds. The summed E-state index contributed by atoms with van der Waals surface area (Å²) in [5, 5.41) is 5.96. The summed E-state index contributed by atoms with van der Waals surface area (Å²) in [5.41, 5.74) is 0.451. The van der Waals surface area contributed by atoms with E-state index in [4.69, 9.17) is 0 Å². The molecular weight excluding hydrogens is 320 g/mol. The van der Waals surface area contributed by atoms with Crippen LogP contribution < -0.4 is 5.32 Å². The van der Waals surface area contributed by atoms with Gasteiger partial charge in [0.15, 0.2) is 0 Å². The quantitative estimate of drug-likeness (QED) is 0.918. The number of pyridine rings is 1. The molecule has 2 aromatic heterocycles. The molecule has 0 unspecified atom stereocenters. The molecule has 0 aliphatic heterocycles. The molecule has 0 saturated heterocycles. The molecule has 4 nitrogen and oxygen atoms in total. The van der Waals surface area contributed by atoms with Gasteiger partial charge in [-0.3, -0.25) is 9.78 Å². The van der Waals surface area contributed by atoms with Crippen LogP contribution in [0.3, 0.4) is 0 Å². The topological polar surface area (TPSA) is 54.9 Å². The Labute approximate surface area is 137 Å². The molecule has 1 aliphatic carbocycles. The lowest BCUT2D eigenvalue weighted by Crippen LogP contribution is -2.43. The second kappa shape index (κ2) is 6.31. The van der Waals surface area contributed by atoms with Crippen molar-refractivity contribution in [3.8, 4) is 0 Å². The van der Waals surface area contributed by atoms with E-state index >= 15 is 0 Å². The van der Waals surface area contributed by atoms with Crippen LogP contribution in [-0.2, 0) is 5.54 Å². The van der Waals surface area contributed by atoms with Crippen molar-refractivity contribution in [3.05, 3.63) is 45.7 Å². The zero-order valence-electron chi connectivity index (χ0n) is 12.7. The number of halogens is 2. The van der Waals surface area contributed by atoms with Crippen LogP contribution >= 0.6 is 11.3 Å². The first-order valence-corrected chi connectivity index (χ1v) is 8.37. The molecule has 2 heterocycles. The van der Waals surface area contributed by atoms with Crippen LogP contribution in [0.4, 0.5) is 8.78 Å². The summed E-state index contributed by atoms with van der Waals surface area (Å²) in [6.07, 6.45) is 2.31. The summed E-state index contributed by atoms with van der Waals surface area (Å²) in [4.78, 5) is 20.7. The van der Waals surface area contributed by atoms with Crippen LogP contribution in [0.1, 0.15) is 58.9 Å². The lowest BCUT2D eigenvalue weighted by Gasteiger charge is -2.28. The van der Waals surface area contributed by atoms with Crippen molar-refractivity contribution in [2.45, 2.75) is 44.6 Å². The van der Waals surface area contributed by atoms with E-state index in [1.807, 2.05) is 12.3 Å². The smallest absolute Gasteiger partial charge is 0.280 e. The van der Waals surface area contributed by atoms with Crippen molar-refractivity contribution in [2.75, 3.05) is 0 Å². The number of aromatic nitrogens is 2. The Morgan fingerprint density at radius 3 is 2.61 bits per heavy atom. The number of nitrogens with zero attached hydrogens (tertiary/aromatic N) is 2. The highest BCUT2D eigenvalue weighted by Crippen LogP contribution is 2.40. The first-order chi connectivity index (χ1) is 11.0. The monoisotopic (exact) mass is 337 g/mol. The number of hydrogen-bond acceptors (Lipinski definition) is 4. The van der Waals surface area contributed by atoms with Gasteiger partial charge in [-0.15, -0.1) is 11.3 Å². The van der Waals surface area contributed by atoms with Gasteiger partial charge in [-0.25, -0.2) is 13.8 Å². The number of carbonyl (C=O) groups is 1. The van der Waals surface area contributed by atoms with Gasteiger partial charge in [0.2, 0.25) is 0 Å². The molecule has 0 spiro atoms. The number of amides is 1. The average molecular weight is 337 g/mol. The third kappa shape index (κ3) is 3.24. The summed E-state index contributed by atoms with van der Waals surface area (Å²) < 4.78 is 25.1. The fraction of sp³-hybridized carbons (Fsp3) is 0.438. The number of thiazole rings is 1. The minimum Gasteiger partial charge on any atom is -0.340 e. The van der Waals surface area contributed by atoms with Crippen molar-refractivity contribution >= 4 is 17.2 Å². The summed E-state index contributed by atoms with van der Waals surface area (Å²) in [5.74, 6) is -0.298. The minimum atomic E-state index is -2.63. The van der Waals surface area contributed by atoms with E-state index in [0.29, 0.717) is 0 Å². The maximum atomic E-state index is 12.5. The van der Waals surface area contributed by atoms with E-state index in [1.54, 1.807) is 11.3 Å². The number of aryl methyl sites for hydroxylation is 1. The Bertz CT molecular complexity index is 694. The van der Waals surface area contributed by atoms with Gasteiger partial charge < -0.3 is 5.32 Å². The average Bonchev–Trinajstić information content (AvgIpc) is 3.17. The third-order valence-electron chi connectivity index (χ3n) is 4.11. The Balaban J connectivity index is 1.81. The van der Waals surface area contributed by atoms with Gasteiger partial charge in [-0.1, -0.05) is 12.8 Å². The van der Waals surface area contributed by atoms with Crippen molar-refractivity contribution in [3.63, 3.8) is 0 Å². The summed E-state index contributed by atoms with van der Waals surface area (Å²) >= 11 is 1.55. The lowest BCUT2D eigenvalue weighted by molar-refractivity contribution is 0.0896.